The molecule has 0 spiro atoms. The highest BCUT2D eigenvalue weighted by Gasteiger charge is 2.20. The molecule has 0 aromatic rings. The maximum Gasteiger partial charge on any atom is 0.0977 e. The Morgan fingerprint density at radius 1 is 0.406 bits per heavy atom. The molecule has 0 saturated heterocycles. The lowest BCUT2D eigenvalue weighted by atomic mass is 10.0. The van der Waals surface area contributed by atoms with Crippen molar-refractivity contribution in [3.63, 3.8) is 0 Å². The molecule has 0 N–H and O–H groups in total. The summed E-state index contributed by atoms with van der Waals surface area (Å²) in [6, 6.07) is 0. The lowest BCUT2D eigenvalue weighted by Gasteiger charge is -2.30. The van der Waals surface area contributed by atoms with Gasteiger partial charge in [0, 0.05) is 25.5 Å². The highest BCUT2D eigenvalue weighted by molar-refractivity contribution is 4.95. The van der Waals surface area contributed by atoms with Gasteiger partial charge >= 0.3 is 0 Å². The molecule has 1 rings (SSSR count). The lowest BCUT2D eigenvalue weighted by Crippen LogP contribution is -2.36. The van der Waals surface area contributed by atoms with Crippen molar-refractivity contribution in [1.29, 1.82) is 0 Å². The highest BCUT2D eigenvalue weighted by Crippen LogP contribution is 2.19. The average molecular weight is 449 g/mol. The molecule has 1 heterocycles. The van der Waals surface area contributed by atoms with E-state index in [2.05, 4.69) is 43.0 Å². The third-order valence-electron chi connectivity index (χ3n) is 7.45. The number of rotatable bonds is 24. The Morgan fingerprint density at radius 3 is 0.938 bits per heavy atom. The van der Waals surface area contributed by atoms with Crippen LogP contribution in [0.25, 0.3) is 0 Å². The van der Waals surface area contributed by atoms with E-state index in [1.165, 1.54) is 154 Å². The standard InChI is InChI=1S/C30H60N2/c1-4-6-8-10-11-12-13-14-15-16-17-18-19-20-21-23-25-27-32-29-28-31(30(32)3)26-24-22-9-7-5-2/h28-30H,4-27H2,1-3H3. The van der Waals surface area contributed by atoms with Gasteiger partial charge in [-0.05, 0) is 19.8 Å². The van der Waals surface area contributed by atoms with Gasteiger partial charge in [0.1, 0.15) is 0 Å². The Labute approximate surface area is 203 Å². The predicted octanol–water partition coefficient (Wildman–Crippen LogP) is 10.0. The molecule has 0 saturated carbocycles. The van der Waals surface area contributed by atoms with Crippen LogP contribution in [0.2, 0.25) is 0 Å². The Kier molecular flexibility index (Phi) is 20.3. The maximum atomic E-state index is 2.55. The van der Waals surface area contributed by atoms with Crippen molar-refractivity contribution >= 4 is 0 Å². The normalized spacial score (nSPS) is 15.9. The zero-order valence-corrected chi connectivity index (χ0v) is 22.6. The number of nitrogens with zero attached hydrogens (tertiary/aromatic N) is 2. The molecular weight excluding hydrogens is 388 g/mol. The fraction of sp³-hybridized carbons (Fsp3) is 0.933. The topological polar surface area (TPSA) is 6.48 Å². The van der Waals surface area contributed by atoms with Crippen LogP contribution >= 0.6 is 0 Å². The van der Waals surface area contributed by atoms with E-state index in [0.29, 0.717) is 6.17 Å². The van der Waals surface area contributed by atoms with Gasteiger partial charge in [0.25, 0.3) is 0 Å². The summed E-state index contributed by atoms with van der Waals surface area (Å²) < 4.78 is 0. The lowest BCUT2D eigenvalue weighted by molar-refractivity contribution is 0.165. The Bertz CT molecular complexity index is 406. The third-order valence-corrected chi connectivity index (χ3v) is 7.45. The zero-order chi connectivity index (χ0) is 23.1. The Morgan fingerprint density at radius 2 is 0.656 bits per heavy atom. The predicted molar refractivity (Wildman–Crippen MR) is 145 cm³/mol. The van der Waals surface area contributed by atoms with Gasteiger partial charge in [-0.3, -0.25) is 0 Å². The van der Waals surface area contributed by atoms with Crippen molar-refractivity contribution in [3.05, 3.63) is 12.4 Å². The van der Waals surface area contributed by atoms with Gasteiger partial charge in [-0.1, -0.05) is 142 Å². The number of unbranched alkanes of at least 4 members (excludes halogenated alkanes) is 20. The third kappa shape index (κ3) is 16.0. The van der Waals surface area contributed by atoms with E-state index in [9.17, 15) is 0 Å². The van der Waals surface area contributed by atoms with Crippen LogP contribution in [-0.4, -0.2) is 29.1 Å². The summed E-state index contributed by atoms with van der Waals surface area (Å²) in [5.41, 5.74) is 0. The minimum atomic E-state index is 0.572. The zero-order valence-electron chi connectivity index (χ0n) is 22.6. The van der Waals surface area contributed by atoms with E-state index < -0.39 is 0 Å². The first kappa shape index (κ1) is 29.4. The summed E-state index contributed by atoms with van der Waals surface area (Å²) in [5.74, 6) is 0. The van der Waals surface area contributed by atoms with Crippen LogP contribution in [0, 0.1) is 0 Å². The summed E-state index contributed by atoms with van der Waals surface area (Å²) in [6.07, 6.45) is 36.8. The smallest absolute Gasteiger partial charge is 0.0977 e. The van der Waals surface area contributed by atoms with Gasteiger partial charge in [-0.25, -0.2) is 0 Å². The van der Waals surface area contributed by atoms with Gasteiger partial charge in [-0.2, -0.15) is 0 Å². The summed E-state index contributed by atoms with van der Waals surface area (Å²) in [5, 5.41) is 0. The fourth-order valence-corrected chi connectivity index (χ4v) is 5.05. The van der Waals surface area contributed by atoms with Crippen molar-refractivity contribution < 1.29 is 0 Å². The van der Waals surface area contributed by atoms with Crippen molar-refractivity contribution in [3.8, 4) is 0 Å². The molecule has 0 fully saturated rings. The number of hydrogen-bond donors (Lipinski definition) is 0. The van der Waals surface area contributed by atoms with Gasteiger partial charge in [0.2, 0.25) is 0 Å². The van der Waals surface area contributed by atoms with E-state index in [4.69, 9.17) is 0 Å². The SMILES string of the molecule is CCCCCCCCCCCCCCCCCCCN1C=CN(CCCCCCC)C1C. The summed E-state index contributed by atoms with van der Waals surface area (Å²) in [4.78, 5) is 5.09. The second kappa shape index (κ2) is 22.1. The molecule has 190 valence electrons. The molecule has 0 aromatic heterocycles. The molecule has 1 unspecified atom stereocenters. The second-order valence-corrected chi connectivity index (χ2v) is 10.5. The average Bonchev–Trinajstić information content (AvgIpc) is 3.15. The maximum absolute atomic E-state index is 2.55. The number of hydrogen-bond acceptors (Lipinski definition) is 2. The molecule has 0 aliphatic carbocycles. The molecule has 2 heteroatoms. The monoisotopic (exact) mass is 448 g/mol. The molecule has 1 aliphatic heterocycles. The minimum absolute atomic E-state index is 0.572. The highest BCUT2D eigenvalue weighted by atomic mass is 15.4. The molecular formula is C30H60N2. The van der Waals surface area contributed by atoms with E-state index in [0.717, 1.165) is 0 Å². The second-order valence-electron chi connectivity index (χ2n) is 10.5. The van der Waals surface area contributed by atoms with Crippen LogP contribution < -0.4 is 0 Å². The van der Waals surface area contributed by atoms with Crippen LogP contribution in [-0.2, 0) is 0 Å². The van der Waals surface area contributed by atoms with Crippen molar-refractivity contribution in [2.45, 2.75) is 168 Å². The van der Waals surface area contributed by atoms with E-state index in [1.807, 2.05) is 0 Å². The van der Waals surface area contributed by atoms with E-state index in [1.54, 1.807) is 0 Å². The minimum Gasteiger partial charge on any atom is -0.356 e. The molecule has 32 heavy (non-hydrogen) atoms. The quantitative estimate of drug-likeness (QED) is 0.135. The van der Waals surface area contributed by atoms with Gasteiger partial charge in [-0.15, -0.1) is 0 Å². The van der Waals surface area contributed by atoms with Crippen LogP contribution in [0.15, 0.2) is 12.4 Å². The van der Waals surface area contributed by atoms with Crippen molar-refractivity contribution in [1.82, 2.24) is 9.80 Å². The van der Waals surface area contributed by atoms with Crippen LogP contribution in [0.4, 0.5) is 0 Å². The first-order valence-corrected chi connectivity index (χ1v) is 15.0. The van der Waals surface area contributed by atoms with Crippen LogP contribution in [0.1, 0.15) is 162 Å². The first-order valence-electron chi connectivity index (χ1n) is 15.0. The fourth-order valence-electron chi connectivity index (χ4n) is 5.05. The largest absolute Gasteiger partial charge is 0.356 e. The molecule has 0 aromatic carbocycles. The van der Waals surface area contributed by atoms with E-state index in [-0.39, 0.29) is 0 Å². The van der Waals surface area contributed by atoms with E-state index >= 15 is 0 Å². The molecule has 1 aliphatic rings. The summed E-state index contributed by atoms with van der Waals surface area (Å²) in [7, 11) is 0. The van der Waals surface area contributed by atoms with Gasteiger partial charge in [0.15, 0.2) is 0 Å². The Hall–Kier alpha value is -0.660. The van der Waals surface area contributed by atoms with Gasteiger partial charge in [0.05, 0.1) is 6.17 Å². The van der Waals surface area contributed by atoms with Crippen molar-refractivity contribution in [2.75, 3.05) is 13.1 Å². The van der Waals surface area contributed by atoms with Crippen LogP contribution in [0.3, 0.4) is 0 Å². The molecule has 2 nitrogen and oxygen atoms in total. The molecule has 0 amide bonds. The molecule has 0 bridgehead atoms. The Balaban J connectivity index is 1.80. The van der Waals surface area contributed by atoms with Crippen LogP contribution in [0.5, 0.6) is 0 Å². The molecule has 0 radical (unpaired) electrons. The van der Waals surface area contributed by atoms with Gasteiger partial charge < -0.3 is 9.80 Å². The summed E-state index contributed by atoms with van der Waals surface area (Å²) >= 11 is 0. The van der Waals surface area contributed by atoms with Crippen molar-refractivity contribution in [2.24, 2.45) is 0 Å². The molecule has 1 atom stereocenters. The summed E-state index contributed by atoms with van der Waals surface area (Å²) in [6.45, 7) is 9.44. The first-order chi connectivity index (χ1) is 15.8.